The average Bonchev–Trinajstić information content (AvgIpc) is 3.14. The van der Waals surface area contributed by atoms with Gasteiger partial charge in [-0.3, -0.25) is 4.79 Å². The highest BCUT2D eigenvalue weighted by atomic mass is 79.9. The van der Waals surface area contributed by atoms with Crippen LogP contribution >= 0.6 is 27.7 Å². The summed E-state index contributed by atoms with van der Waals surface area (Å²) in [4.78, 5) is 12.2. The predicted octanol–water partition coefficient (Wildman–Crippen LogP) is 4.19. The van der Waals surface area contributed by atoms with Crippen LogP contribution in [-0.2, 0) is 11.8 Å². The maximum Gasteiger partial charge on any atom is 0.234 e. The maximum absolute atomic E-state index is 12.2. The third-order valence-corrected chi connectivity index (χ3v) is 5.34. The van der Waals surface area contributed by atoms with E-state index in [1.165, 1.54) is 11.8 Å². The van der Waals surface area contributed by atoms with Crippen LogP contribution in [0.3, 0.4) is 0 Å². The third kappa shape index (κ3) is 3.96. The molecule has 0 unspecified atom stereocenters. The highest BCUT2D eigenvalue weighted by Gasteiger charge is 2.16. The van der Waals surface area contributed by atoms with Crippen LogP contribution in [0.25, 0.3) is 11.4 Å². The number of nitrogens with one attached hydrogen (secondary N) is 1. The molecule has 0 saturated carbocycles. The van der Waals surface area contributed by atoms with Gasteiger partial charge in [-0.1, -0.05) is 17.8 Å². The van der Waals surface area contributed by atoms with Gasteiger partial charge in [0.25, 0.3) is 0 Å². The Balaban J connectivity index is 1.65. The van der Waals surface area contributed by atoms with Crippen LogP contribution in [-0.4, -0.2) is 26.4 Å². The Labute approximate surface area is 158 Å². The molecule has 130 valence electrons. The molecule has 0 aliphatic carbocycles. The molecule has 0 atom stereocenters. The number of nitrogens with zero attached hydrogens (tertiary/aromatic N) is 3. The first kappa shape index (κ1) is 17.8. The zero-order valence-corrected chi connectivity index (χ0v) is 16.4. The van der Waals surface area contributed by atoms with Crippen molar-refractivity contribution in [3.63, 3.8) is 0 Å². The molecule has 1 aromatic carbocycles. The summed E-state index contributed by atoms with van der Waals surface area (Å²) >= 11 is 4.80. The summed E-state index contributed by atoms with van der Waals surface area (Å²) in [6, 6.07) is 7.65. The summed E-state index contributed by atoms with van der Waals surface area (Å²) in [6.07, 6.45) is 1.62. The minimum absolute atomic E-state index is 0.0985. The molecule has 0 spiro atoms. The molecule has 8 heteroatoms. The topological polar surface area (TPSA) is 73.0 Å². The van der Waals surface area contributed by atoms with E-state index in [1.54, 1.807) is 6.26 Å². The number of furan rings is 1. The summed E-state index contributed by atoms with van der Waals surface area (Å²) in [5.41, 5.74) is 2.78. The van der Waals surface area contributed by atoms with Crippen molar-refractivity contribution in [2.75, 3.05) is 11.1 Å². The lowest BCUT2D eigenvalue weighted by Crippen LogP contribution is -2.14. The summed E-state index contributed by atoms with van der Waals surface area (Å²) in [7, 11) is 1.87. The molecule has 0 bridgehead atoms. The number of hydrogen-bond acceptors (Lipinski definition) is 5. The Morgan fingerprint density at radius 1 is 1.32 bits per heavy atom. The summed E-state index contributed by atoms with van der Waals surface area (Å²) < 4.78 is 8.03. The van der Waals surface area contributed by atoms with E-state index >= 15 is 0 Å². The van der Waals surface area contributed by atoms with Crippen molar-refractivity contribution in [2.45, 2.75) is 19.0 Å². The molecule has 3 rings (SSSR count). The van der Waals surface area contributed by atoms with Crippen molar-refractivity contribution in [2.24, 2.45) is 7.05 Å². The first-order chi connectivity index (χ1) is 12.0. The molecule has 2 aromatic heterocycles. The number of anilines is 1. The van der Waals surface area contributed by atoms with Gasteiger partial charge in [-0.2, -0.15) is 0 Å². The number of rotatable bonds is 5. The number of aryl methyl sites for hydroxylation is 2. The van der Waals surface area contributed by atoms with Gasteiger partial charge in [0.2, 0.25) is 5.91 Å². The van der Waals surface area contributed by atoms with Gasteiger partial charge in [0, 0.05) is 11.5 Å². The molecule has 3 aromatic rings. The fourth-order valence-corrected chi connectivity index (χ4v) is 3.63. The Hall–Kier alpha value is -2.06. The molecule has 1 N–H and O–H groups in total. The van der Waals surface area contributed by atoms with Gasteiger partial charge in [0.1, 0.15) is 5.76 Å². The van der Waals surface area contributed by atoms with E-state index in [4.69, 9.17) is 4.42 Å². The molecular formula is C17H17BrN4O2S. The van der Waals surface area contributed by atoms with Gasteiger partial charge in [-0.25, -0.2) is 0 Å². The largest absolute Gasteiger partial charge is 0.469 e. The van der Waals surface area contributed by atoms with Gasteiger partial charge in [0.15, 0.2) is 11.0 Å². The first-order valence-electron chi connectivity index (χ1n) is 7.58. The van der Waals surface area contributed by atoms with Crippen LogP contribution in [0.2, 0.25) is 0 Å². The molecule has 25 heavy (non-hydrogen) atoms. The number of thioether (sulfide) groups is 1. The molecule has 0 aliphatic rings. The number of carbonyl (C=O) groups excluding carboxylic acids is 1. The Bertz CT molecular complexity index is 919. The van der Waals surface area contributed by atoms with E-state index in [2.05, 4.69) is 31.4 Å². The van der Waals surface area contributed by atoms with Crippen molar-refractivity contribution in [3.8, 4) is 11.4 Å². The zero-order valence-electron chi connectivity index (χ0n) is 14.0. The van der Waals surface area contributed by atoms with E-state index in [0.717, 1.165) is 32.9 Å². The number of halogens is 1. The molecule has 0 saturated heterocycles. The van der Waals surface area contributed by atoms with Gasteiger partial charge >= 0.3 is 0 Å². The summed E-state index contributed by atoms with van der Waals surface area (Å²) in [5, 5.41) is 11.9. The van der Waals surface area contributed by atoms with Gasteiger partial charge in [-0.05, 0) is 53.5 Å². The molecule has 2 heterocycles. The molecule has 0 fully saturated rings. The second-order valence-corrected chi connectivity index (χ2v) is 7.37. The standard InChI is InChI=1S/C17H17BrN4O2S/c1-10-4-5-14(13(18)8-10)19-15(23)9-25-17-21-20-16(22(17)3)12-6-7-24-11(12)2/h4-8H,9H2,1-3H3,(H,19,23). The number of benzene rings is 1. The van der Waals surface area contributed by atoms with Crippen molar-refractivity contribution < 1.29 is 9.21 Å². The molecule has 0 aliphatic heterocycles. The Morgan fingerprint density at radius 2 is 2.12 bits per heavy atom. The second kappa shape index (κ2) is 7.45. The number of carbonyl (C=O) groups is 1. The minimum Gasteiger partial charge on any atom is -0.469 e. The lowest BCUT2D eigenvalue weighted by Gasteiger charge is -2.08. The fourth-order valence-electron chi connectivity index (χ4n) is 2.33. The molecule has 6 nitrogen and oxygen atoms in total. The predicted molar refractivity (Wildman–Crippen MR) is 102 cm³/mol. The van der Waals surface area contributed by atoms with Crippen LogP contribution in [0.5, 0.6) is 0 Å². The second-order valence-electron chi connectivity index (χ2n) is 5.58. The lowest BCUT2D eigenvalue weighted by atomic mass is 10.2. The SMILES string of the molecule is Cc1ccc(NC(=O)CSc2nnc(-c3ccoc3C)n2C)c(Br)c1. The smallest absolute Gasteiger partial charge is 0.234 e. The normalized spacial score (nSPS) is 10.9. The molecule has 1 amide bonds. The van der Waals surface area contributed by atoms with Crippen LogP contribution < -0.4 is 5.32 Å². The van der Waals surface area contributed by atoms with Crippen LogP contribution in [0, 0.1) is 13.8 Å². The van der Waals surface area contributed by atoms with Crippen molar-refractivity contribution in [3.05, 3.63) is 46.3 Å². The van der Waals surface area contributed by atoms with Crippen molar-refractivity contribution in [1.29, 1.82) is 0 Å². The highest BCUT2D eigenvalue weighted by Crippen LogP contribution is 2.27. The lowest BCUT2D eigenvalue weighted by molar-refractivity contribution is -0.113. The maximum atomic E-state index is 12.2. The Kier molecular flexibility index (Phi) is 5.29. The molecular weight excluding hydrogens is 404 g/mol. The molecule has 0 radical (unpaired) electrons. The first-order valence-corrected chi connectivity index (χ1v) is 9.36. The highest BCUT2D eigenvalue weighted by molar-refractivity contribution is 9.10. The van der Waals surface area contributed by atoms with E-state index in [1.807, 2.05) is 49.7 Å². The van der Waals surface area contributed by atoms with Crippen LogP contribution in [0.4, 0.5) is 5.69 Å². The summed E-state index contributed by atoms with van der Waals surface area (Å²) in [5.74, 6) is 1.65. The number of amides is 1. The number of aromatic nitrogens is 3. The van der Waals surface area contributed by atoms with Gasteiger partial charge in [0.05, 0.1) is 23.3 Å². The third-order valence-electron chi connectivity index (χ3n) is 3.67. The van der Waals surface area contributed by atoms with E-state index < -0.39 is 0 Å². The van der Waals surface area contributed by atoms with Crippen molar-refractivity contribution >= 4 is 39.3 Å². The van der Waals surface area contributed by atoms with E-state index in [-0.39, 0.29) is 11.7 Å². The van der Waals surface area contributed by atoms with Crippen LogP contribution in [0.1, 0.15) is 11.3 Å². The summed E-state index contributed by atoms with van der Waals surface area (Å²) in [6.45, 7) is 3.88. The van der Waals surface area contributed by atoms with Crippen LogP contribution in [0.15, 0.2) is 44.6 Å². The van der Waals surface area contributed by atoms with Crippen molar-refractivity contribution in [1.82, 2.24) is 14.8 Å². The van der Waals surface area contributed by atoms with Gasteiger partial charge < -0.3 is 14.3 Å². The van der Waals surface area contributed by atoms with E-state index in [0.29, 0.717) is 5.16 Å². The average molecular weight is 421 g/mol. The number of hydrogen-bond donors (Lipinski definition) is 1. The zero-order chi connectivity index (χ0) is 18.0. The van der Waals surface area contributed by atoms with E-state index in [9.17, 15) is 4.79 Å². The quantitative estimate of drug-likeness (QED) is 0.626. The minimum atomic E-state index is -0.0985. The van der Waals surface area contributed by atoms with Gasteiger partial charge in [-0.15, -0.1) is 10.2 Å². The fraction of sp³-hybridized carbons (Fsp3) is 0.235. The monoisotopic (exact) mass is 420 g/mol. The Morgan fingerprint density at radius 3 is 2.80 bits per heavy atom.